The van der Waals surface area contributed by atoms with E-state index in [2.05, 4.69) is 5.32 Å². The van der Waals surface area contributed by atoms with E-state index in [9.17, 15) is 9.59 Å². The Morgan fingerprint density at radius 1 is 1.43 bits per heavy atom. The molecule has 0 unspecified atom stereocenters. The van der Waals surface area contributed by atoms with Gasteiger partial charge in [-0.05, 0) is 20.8 Å². The molecule has 0 atom stereocenters. The van der Waals surface area contributed by atoms with Gasteiger partial charge in [0.15, 0.2) is 0 Å². The Hall–Kier alpha value is -0.710. The van der Waals surface area contributed by atoms with E-state index in [4.69, 9.17) is 5.11 Å². The van der Waals surface area contributed by atoms with Crippen molar-refractivity contribution in [3.05, 3.63) is 0 Å². The highest BCUT2D eigenvalue weighted by atomic mass is 32.2. The van der Waals surface area contributed by atoms with E-state index < -0.39 is 10.7 Å². The molecule has 0 spiro atoms. The van der Waals surface area contributed by atoms with Crippen LogP contribution in [0, 0.1) is 0 Å². The number of hydrogen-bond acceptors (Lipinski definition) is 3. The number of carbonyl (C=O) groups is 2. The van der Waals surface area contributed by atoms with Crippen LogP contribution in [-0.4, -0.2) is 34.0 Å². The molecule has 0 aliphatic carbocycles. The van der Waals surface area contributed by atoms with E-state index in [0.29, 0.717) is 18.7 Å². The zero-order chi connectivity index (χ0) is 11.2. The normalized spacial score (nSPS) is 11.1. The molecule has 0 fully saturated rings. The summed E-state index contributed by atoms with van der Waals surface area (Å²) >= 11 is 1.28. The van der Waals surface area contributed by atoms with E-state index in [1.807, 2.05) is 6.92 Å². The lowest BCUT2D eigenvalue weighted by Crippen LogP contribution is -2.29. The Kier molecular flexibility index (Phi) is 5.60. The molecular formula is C9H17NO3S. The highest BCUT2D eigenvalue weighted by molar-refractivity contribution is 8.01. The summed E-state index contributed by atoms with van der Waals surface area (Å²) in [6.07, 6.45) is 0.370. The number of rotatable bonds is 6. The number of carbonyl (C=O) groups excluding carboxylic acids is 1. The Bertz CT molecular complexity index is 216. The van der Waals surface area contributed by atoms with Crippen LogP contribution >= 0.6 is 11.8 Å². The predicted octanol–water partition coefficient (Wildman–Crippen LogP) is 1.11. The van der Waals surface area contributed by atoms with Gasteiger partial charge in [-0.3, -0.25) is 9.59 Å². The van der Waals surface area contributed by atoms with Crippen molar-refractivity contribution in [2.24, 2.45) is 0 Å². The van der Waals surface area contributed by atoms with Gasteiger partial charge in [-0.2, -0.15) is 0 Å². The predicted molar refractivity (Wildman–Crippen MR) is 57.5 cm³/mol. The molecule has 0 rings (SSSR count). The molecule has 0 saturated heterocycles. The summed E-state index contributed by atoms with van der Waals surface area (Å²) in [5.74, 6) is -0.343. The fourth-order valence-corrected chi connectivity index (χ4v) is 1.67. The second kappa shape index (κ2) is 5.90. The van der Waals surface area contributed by atoms with Gasteiger partial charge in [-0.15, -0.1) is 11.8 Å². The van der Waals surface area contributed by atoms with Gasteiger partial charge >= 0.3 is 5.97 Å². The van der Waals surface area contributed by atoms with Gasteiger partial charge < -0.3 is 10.4 Å². The third-order valence-corrected chi connectivity index (χ3v) is 2.99. The van der Waals surface area contributed by atoms with Crippen LogP contribution in [0.2, 0.25) is 0 Å². The lowest BCUT2D eigenvalue weighted by atomic mass is 10.2. The summed E-state index contributed by atoms with van der Waals surface area (Å²) in [5.41, 5.74) is 0. The molecule has 0 saturated carbocycles. The number of aliphatic carboxylic acids is 1. The SMILES string of the molecule is CCNC(=O)CCSC(C)(C)C(=O)O. The van der Waals surface area contributed by atoms with Gasteiger partial charge in [0.05, 0.1) is 0 Å². The zero-order valence-electron chi connectivity index (χ0n) is 8.79. The smallest absolute Gasteiger partial charge is 0.319 e. The fourth-order valence-electron chi connectivity index (χ4n) is 0.746. The Morgan fingerprint density at radius 2 is 2.00 bits per heavy atom. The highest BCUT2D eigenvalue weighted by Crippen LogP contribution is 2.24. The standard InChI is InChI=1S/C9H17NO3S/c1-4-10-7(11)5-6-14-9(2,3)8(12)13/h4-6H2,1-3H3,(H,10,11)(H,12,13). The molecule has 0 aliphatic rings. The molecule has 1 amide bonds. The molecule has 2 N–H and O–H groups in total. The first-order valence-corrected chi connectivity index (χ1v) is 5.52. The van der Waals surface area contributed by atoms with Gasteiger partial charge in [0.25, 0.3) is 0 Å². The number of hydrogen-bond donors (Lipinski definition) is 2. The first-order chi connectivity index (χ1) is 6.40. The first-order valence-electron chi connectivity index (χ1n) is 4.54. The first kappa shape index (κ1) is 13.3. The van der Waals surface area contributed by atoms with Gasteiger partial charge in [-0.1, -0.05) is 0 Å². The van der Waals surface area contributed by atoms with Crippen LogP contribution in [0.15, 0.2) is 0 Å². The number of carboxylic acid groups (broad SMARTS) is 1. The maximum absolute atomic E-state index is 11.0. The second-order valence-electron chi connectivity index (χ2n) is 3.37. The summed E-state index contributed by atoms with van der Waals surface area (Å²) < 4.78 is -0.813. The molecule has 5 heteroatoms. The van der Waals surface area contributed by atoms with E-state index in [-0.39, 0.29) is 5.91 Å². The van der Waals surface area contributed by atoms with Crippen molar-refractivity contribution in [2.75, 3.05) is 12.3 Å². The van der Waals surface area contributed by atoms with Crippen molar-refractivity contribution in [2.45, 2.75) is 31.9 Å². The summed E-state index contributed by atoms with van der Waals surface area (Å²) in [6, 6.07) is 0. The topological polar surface area (TPSA) is 66.4 Å². The largest absolute Gasteiger partial charge is 0.480 e. The third kappa shape index (κ3) is 5.11. The quantitative estimate of drug-likeness (QED) is 0.702. The van der Waals surface area contributed by atoms with Gasteiger partial charge in [0, 0.05) is 18.7 Å². The van der Waals surface area contributed by atoms with Crippen LogP contribution in [0.25, 0.3) is 0 Å². The monoisotopic (exact) mass is 219 g/mol. The van der Waals surface area contributed by atoms with E-state index in [1.165, 1.54) is 11.8 Å². The molecule has 0 heterocycles. The fraction of sp³-hybridized carbons (Fsp3) is 0.778. The Morgan fingerprint density at radius 3 is 2.43 bits per heavy atom. The van der Waals surface area contributed by atoms with Gasteiger partial charge in [-0.25, -0.2) is 0 Å². The zero-order valence-corrected chi connectivity index (χ0v) is 9.61. The molecule has 14 heavy (non-hydrogen) atoms. The molecule has 0 aromatic rings. The molecule has 0 bridgehead atoms. The Balaban J connectivity index is 3.74. The summed E-state index contributed by atoms with van der Waals surface area (Å²) in [4.78, 5) is 21.7. The highest BCUT2D eigenvalue weighted by Gasteiger charge is 2.27. The van der Waals surface area contributed by atoms with Crippen molar-refractivity contribution in [1.29, 1.82) is 0 Å². The third-order valence-electron chi connectivity index (χ3n) is 1.68. The minimum atomic E-state index is -0.849. The van der Waals surface area contributed by atoms with Crippen LogP contribution in [0.5, 0.6) is 0 Å². The van der Waals surface area contributed by atoms with Crippen molar-refractivity contribution in [3.63, 3.8) is 0 Å². The molecule has 4 nitrogen and oxygen atoms in total. The number of amides is 1. The lowest BCUT2D eigenvalue weighted by Gasteiger charge is -2.17. The second-order valence-corrected chi connectivity index (χ2v) is 5.08. The minimum absolute atomic E-state index is 0.0267. The average molecular weight is 219 g/mol. The molecule has 0 radical (unpaired) electrons. The van der Waals surface area contributed by atoms with Crippen molar-refractivity contribution < 1.29 is 14.7 Å². The van der Waals surface area contributed by atoms with Crippen LogP contribution in [-0.2, 0) is 9.59 Å². The average Bonchev–Trinajstić information content (AvgIpc) is 2.04. The van der Waals surface area contributed by atoms with Crippen molar-refractivity contribution in [3.8, 4) is 0 Å². The lowest BCUT2D eigenvalue weighted by molar-refractivity contribution is -0.138. The number of carboxylic acids is 1. The van der Waals surface area contributed by atoms with E-state index in [0.717, 1.165) is 0 Å². The maximum atomic E-state index is 11.0. The van der Waals surface area contributed by atoms with Gasteiger partial charge in [0.2, 0.25) is 5.91 Å². The van der Waals surface area contributed by atoms with Crippen molar-refractivity contribution >= 4 is 23.6 Å². The van der Waals surface area contributed by atoms with E-state index >= 15 is 0 Å². The van der Waals surface area contributed by atoms with Crippen molar-refractivity contribution in [1.82, 2.24) is 5.32 Å². The summed E-state index contributed by atoms with van der Waals surface area (Å²) in [5, 5.41) is 11.4. The maximum Gasteiger partial charge on any atom is 0.319 e. The summed E-state index contributed by atoms with van der Waals surface area (Å²) in [6.45, 7) is 5.74. The Labute approximate surface area is 88.4 Å². The molecule has 82 valence electrons. The summed E-state index contributed by atoms with van der Waals surface area (Å²) in [7, 11) is 0. The molecule has 0 aromatic heterocycles. The van der Waals surface area contributed by atoms with Crippen LogP contribution in [0.4, 0.5) is 0 Å². The molecule has 0 aliphatic heterocycles. The number of nitrogens with one attached hydrogen (secondary N) is 1. The van der Waals surface area contributed by atoms with Crippen LogP contribution < -0.4 is 5.32 Å². The number of thioether (sulfide) groups is 1. The van der Waals surface area contributed by atoms with Crippen LogP contribution in [0.3, 0.4) is 0 Å². The van der Waals surface area contributed by atoms with Gasteiger partial charge in [0.1, 0.15) is 4.75 Å². The molecule has 0 aromatic carbocycles. The molecular weight excluding hydrogens is 202 g/mol. The minimum Gasteiger partial charge on any atom is -0.480 e. The van der Waals surface area contributed by atoms with E-state index in [1.54, 1.807) is 13.8 Å². The van der Waals surface area contributed by atoms with Crippen LogP contribution in [0.1, 0.15) is 27.2 Å².